The minimum absolute atomic E-state index is 0.0120. The fourth-order valence-corrected chi connectivity index (χ4v) is 4.78. The fourth-order valence-electron chi connectivity index (χ4n) is 4.78. The highest BCUT2D eigenvalue weighted by atomic mass is 16.7. The van der Waals surface area contributed by atoms with Gasteiger partial charge in [-0.05, 0) is 24.3 Å². The molecule has 3 aromatic rings. The Labute approximate surface area is 236 Å². The van der Waals surface area contributed by atoms with Gasteiger partial charge in [-0.15, -0.1) is 0 Å². The van der Waals surface area contributed by atoms with Gasteiger partial charge in [0.05, 0.1) is 24.2 Å². The van der Waals surface area contributed by atoms with Gasteiger partial charge in [0.25, 0.3) is 0 Å². The molecule has 5 rings (SSSR count). The van der Waals surface area contributed by atoms with Gasteiger partial charge < -0.3 is 69.3 Å². The zero-order valence-electron chi connectivity index (χ0n) is 21.7. The molecule has 0 aliphatic carbocycles. The van der Waals surface area contributed by atoms with Crippen molar-refractivity contribution in [1.29, 1.82) is 0 Å². The van der Waals surface area contributed by atoms with E-state index in [2.05, 4.69) is 0 Å². The Kier molecular flexibility index (Phi) is 8.68. The van der Waals surface area contributed by atoms with Crippen LogP contribution in [0.15, 0.2) is 51.9 Å². The fraction of sp³-hybridized carbons (Fsp3) is 0.444. The molecular formula is C27H30O15. The van der Waals surface area contributed by atoms with Crippen molar-refractivity contribution in [1.82, 2.24) is 0 Å². The van der Waals surface area contributed by atoms with Crippen LogP contribution in [0.25, 0.3) is 22.1 Å². The molecule has 10 unspecified atom stereocenters. The van der Waals surface area contributed by atoms with Gasteiger partial charge in [-0.1, -0.05) is 0 Å². The highest BCUT2D eigenvalue weighted by Crippen LogP contribution is 2.34. The molecule has 0 spiro atoms. The summed E-state index contributed by atoms with van der Waals surface area (Å²) in [4.78, 5) is 13.3. The minimum atomic E-state index is -1.66. The second-order valence-electron chi connectivity index (χ2n) is 9.95. The molecular weight excluding hydrogens is 564 g/mol. The summed E-state index contributed by atoms with van der Waals surface area (Å²) in [6.45, 7) is -1.28. The summed E-state index contributed by atoms with van der Waals surface area (Å²) in [5.41, 5.74) is -0.378. The number of benzene rings is 2. The first-order valence-electron chi connectivity index (χ1n) is 12.9. The Balaban J connectivity index is 1.35. The maximum absolute atomic E-state index is 13.3. The second-order valence-corrected chi connectivity index (χ2v) is 9.95. The van der Waals surface area contributed by atoms with Crippen molar-refractivity contribution >= 4 is 11.0 Å². The van der Waals surface area contributed by atoms with Gasteiger partial charge in [0.1, 0.15) is 77.9 Å². The lowest BCUT2D eigenvalue weighted by molar-refractivity contribution is -0.277. The summed E-state index contributed by atoms with van der Waals surface area (Å²) in [7, 11) is 0. The van der Waals surface area contributed by atoms with Crippen LogP contribution >= 0.6 is 0 Å². The van der Waals surface area contributed by atoms with Crippen molar-refractivity contribution in [3.05, 3.63) is 52.9 Å². The third-order valence-corrected chi connectivity index (χ3v) is 7.21. The molecule has 0 amide bonds. The van der Waals surface area contributed by atoms with Crippen LogP contribution in [0.2, 0.25) is 0 Å². The molecule has 1 aromatic heterocycles. The molecule has 0 bridgehead atoms. The first-order valence-corrected chi connectivity index (χ1v) is 12.9. The Morgan fingerprint density at radius 3 is 1.71 bits per heavy atom. The molecule has 0 saturated carbocycles. The van der Waals surface area contributed by atoms with E-state index in [4.69, 9.17) is 23.4 Å². The third kappa shape index (κ3) is 5.55. The standard InChI is InChI=1S/C27H30O15/c28-7-17-20(32)22(34)24(36)26(41-17)39-10-1-3-12(15(30)5-10)14-9-38-16-6-11(2-4-13(16)19(14)31)40-27-25(37)23(35)21(33)18(8-29)42-27/h1-6,9,17-18,20-30,32-37H,7-8H2. The van der Waals surface area contributed by atoms with Gasteiger partial charge in [-0.2, -0.15) is 0 Å². The quantitative estimate of drug-likeness (QED) is 0.137. The Morgan fingerprint density at radius 1 is 0.667 bits per heavy atom. The van der Waals surface area contributed by atoms with Gasteiger partial charge in [-0.25, -0.2) is 0 Å². The van der Waals surface area contributed by atoms with E-state index in [-0.39, 0.29) is 33.6 Å². The monoisotopic (exact) mass is 594 g/mol. The molecule has 2 saturated heterocycles. The number of hydrogen-bond donors (Lipinski definition) is 9. The van der Waals surface area contributed by atoms with E-state index < -0.39 is 85.8 Å². The Bertz CT molecular complexity index is 1460. The summed E-state index contributed by atoms with van der Waals surface area (Å²) in [6, 6.07) is 7.93. The predicted molar refractivity (Wildman–Crippen MR) is 138 cm³/mol. The van der Waals surface area contributed by atoms with E-state index in [1.165, 1.54) is 30.3 Å². The molecule has 3 heterocycles. The van der Waals surface area contributed by atoms with E-state index in [0.717, 1.165) is 12.3 Å². The van der Waals surface area contributed by atoms with Gasteiger partial charge in [0.15, 0.2) is 0 Å². The number of aliphatic hydroxyl groups is 8. The predicted octanol–water partition coefficient (Wildman–Crippen LogP) is -2.48. The lowest BCUT2D eigenvalue weighted by Gasteiger charge is -2.39. The minimum Gasteiger partial charge on any atom is -0.507 e. The summed E-state index contributed by atoms with van der Waals surface area (Å²) in [5, 5.41) is 89.6. The third-order valence-electron chi connectivity index (χ3n) is 7.21. The molecule has 2 aromatic carbocycles. The largest absolute Gasteiger partial charge is 0.507 e. The van der Waals surface area contributed by atoms with E-state index in [0.29, 0.717) is 0 Å². The van der Waals surface area contributed by atoms with Crippen molar-refractivity contribution in [3.8, 4) is 28.4 Å². The first-order chi connectivity index (χ1) is 20.0. The lowest BCUT2D eigenvalue weighted by Crippen LogP contribution is -2.60. The van der Waals surface area contributed by atoms with Crippen LogP contribution in [0.3, 0.4) is 0 Å². The zero-order chi connectivity index (χ0) is 30.3. The molecule has 228 valence electrons. The Hall–Kier alpha value is -3.35. The van der Waals surface area contributed by atoms with E-state index in [1.54, 1.807) is 0 Å². The molecule has 2 aliphatic heterocycles. The van der Waals surface area contributed by atoms with Crippen LogP contribution in [0.1, 0.15) is 0 Å². The van der Waals surface area contributed by atoms with Crippen LogP contribution in [0, 0.1) is 0 Å². The summed E-state index contributed by atoms with van der Waals surface area (Å²) in [5.74, 6) is -0.327. The van der Waals surface area contributed by atoms with Gasteiger partial charge in [-0.3, -0.25) is 4.79 Å². The Morgan fingerprint density at radius 2 is 1.19 bits per heavy atom. The van der Waals surface area contributed by atoms with E-state index in [1.807, 2.05) is 0 Å². The number of phenols is 1. The molecule has 2 aliphatic rings. The highest BCUT2D eigenvalue weighted by molar-refractivity contribution is 5.84. The summed E-state index contributed by atoms with van der Waals surface area (Å²) in [6.07, 6.45) is -13.9. The van der Waals surface area contributed by atoms with Crippen molar-refractivity contribution in [3.63, 3.8) is 0 Å². The smallest absolute Gasteiger partial charge is 0.229 e. The molecule has 0 radical (unpaired) electrons. The molecule has 15 heteroatoms. The average molecular weight is 595 g/mol. The number of ether oxygens (including phenoxy) is 4. The van der Waals surface area contributed by atoms with Crippen LogP contribution in [-0.4, -0.2) is 121 Å². The van der Waals surface area contributed by atoms with Crippen molar-refractivity contribution in [2.45, 2.75) is 61.4 Å². The maximum Gasteiger partial charge on any atom is 0.229 e. The van der Waals surface area contributed by atoms with E-state index >= 15 is 0 Å². The number of aromatic hydroxyl groups is 1. The van der Waals surface area contributed by atoms with Crippen LogP contribution in [-0.2, 0) is 9.47 Å². The van der Waals surface area contributed by atoms with Crippen molar-refractivity contribution < 1.29 is 69.3 Å². The topological polar surface area (TPSA) is 249 Å². The van der Waals surface area contributed by atoms with Crippen molar-refractivity contribution in [2.75, 3.05) is 13.2 Å². The molecule has 15 nitrogen and oxygen atoms in total. The summed E-state index contributed by atoms with van der Waals surface area (Å²) >= 11 is 0. The normalized spacial score (nSPS) is 33.4. The number of fused-ring (bicyclic) bond motifs is 1. The van der Waals surface area contributed by atoms with Gasteiger partial charge >= 0.3 is 0 Å². The highest BCUT2D eigenvalue weighted by Gasteiger charge is 2.45. The number of aliphatic hydroxyl groups excluding tert-OH is 8. The number of hydrogen-bond acceptors (Lipinski definition) is 15. The SMILES string of the molecule is O=c1c(-c2ccc(OC3OC(CO)C(O)C(O)C3O)cc2O)coc2cc(OC3OC(CO)C(O)C(O)C3O)ccc12. The molecule has 10 atom stereocenters. The number of phenolic OH excluding ortho intramolecular Hbond substituents is 1. The molecule has 2 fully saturated rings. The molecule has 9 N–H and O–H groups in total. The van der Waals surface area contributed by atoms with Gasteiger partial charge in [0.2, 0.25) is 18.0 Å². The maximum atomic E-state index is 13.3. The molecule has 42 heavy (non-hydrogen) atoms. The average Bonchev–Trinajstić information content (AvgIpc) is 2.98. The second kappa shape index (κ2) is 12.1. The van der Waals surface area contributed by atoms with Crippen LogP contribution in [0.4, 0.5) is 0 Å². The first kappa shape index (κ1) is 30.1. The van der Waals surface area contributed by atoms with Crippen LogP contribution < -0.4 is 14.9 Å². The van der Waals surface area contributed by atoms with Crippen LogP contribution in [0.5, 0.6) is 17.2 Å². The summed E-state index contributed by atoms with van der Waals surface area (Å²) < 4.78 is 27.3. The zero-order valence-corrected chi connectivity index (χ0v) is 21.7. The number of rotatable bonds is 7. The van der Waals surface area contributed by atoms with Gasteiger partial charge in [0, 0.05) is 17.7 Å². The van der Waals surface area contributed by atoms with E-state index in [9.17, 15) is 50.8 Å². The lowest BCUT2D eigenvalue weighted by atomic mass is 9.99. The van der Waals surface area contributed by atoms with Crippen molar-refractivity contribution in [2.24, 2.45) is 0 Å².